The summed E-state index contributed by atoms with van der Waals surface area (Å²) in [5.74, 6) is -0.0285. The molecule has 0 saturated heterocycles. The summed E-state index contributed by atoms with van der Waals surface area (Å²) in [6.07, 6.45) is 3.59. The number of carbonyl (C=O) groups is 1. The molecule has 0 aliphatic heterocycles. The quantitative estimate of drug-likeness (QED) is 0.704. The Morgan fingerprint density at radius 2 is 1.96 bits per heavy atom. The summed E-state index contributed by atoms with van der Waals surface area (Å²) < 4.78 is 4.33. The first-order valence-corrected chi connectivity index (χ1v) is 8.17. The standard InChI is InChI=1S/C16H21N5O4/c1-18-9-17-11-10(18)12(22)21(14(24)19(11)2)8-15-5-16(6-15,7-15)13(23)20(3)25-4/h9H,5-8H2,1-4H3. The van der Waals surface area contributed by atoms with Gasteiger partial charge in [0.05, 0.1) is 18.9 Å². The molecule has 0 unspecified atom stereocenters. The molecule has 3 fully saturated rings. The molecule has 2 aromatic heterocycles. The Morgan fingerprint density at radius 1 is 1.32 bits per heavy atom. The molecular formula is C16H21N5O4. The highest BCUT2D eigenvalue weighted by Gasteiger charge is 2.72. The number of amides is 1. The van der Waals surface area contributed by atoms with Crippen LogP contribution in [0, 0.1) is 10.8 Å². The summed E-state index contributed by atoms with van der Waals surface area (Å²) >= 11 is 0. The van der Waals surface area contributed by atoms with Gasteiger partial charge < -0.3 is 4.57 Å². The predicted molar refractivity (Wildman–Crippen MR) is 88.7 cm³/mol. The van der Waals surface area contributed by atoms with Crippen molar-refractivity contribution in [2.45, 2.75) is 25.8 Å². The summed E-state index contributed by atoms with van der Waals surface area (Å²) in [5.41, 5.74) is -0.409. The van der Waals surface area contributed by atoms with E-state index >= 15 is 0 Å². The van der Waals surface area contributed by atoms with E-state index in [1.807, 2.05) is 0 Å². The van der Waals surface area contributed by atoms with Crippen LogP contribution in [0.4, 0.5) is 0 Å². The van der Waals surface area contributed by atoms with Crippen molar-refractivity contribution in [2.24, 2.45) is 24.9 Å². The van der Waals surface area contributed by atoms with E-state index < -0.39 is 0 Å². The molecule has 2 heterocycles. The lowest BCUT2D eigenvalue weighted by Crippen LogP contribution is -2.69. The first-order chi connectivity index (χ1) is 11.7. The lowest BCUT2D eigenvalue weighted by molar-refractivity contribution is -0.243. The van der Waals surface area contributed by atoms with E-state index in [4.69, 9.17) is 4.84 Å². The minimum absolute atomic E-state index is 0.0285. The zero-order valence-electron chi connectivity index (χ0n) is 14.8. The van der Waals surface area contributed by atoms with Crippen molar-refractivity contribution in [1.82, 2.24) is 23.7 Å². The van der Waals surface area contributed by atoms with E-state index in [-0.39, 0.29) is 28.0 Å². The zero-order valence-corrected chi connectivity index (χ0v) is 14.8. The molecule has 2 aromatic rings. The molecule has 134 valence electrons. The molecule has 9 heteroatoms. The van der Waals surface area contributed by atoms with Crippen molar-refractivity contribution in [3.63, 3.8) is 0 Å². The first-order valence-electron chi connectivity index (χ1n) is 8.17. The number of hydrogen-bond donors (Lipinski definition) is 0. The van der Waals surface area contributed by atoms with Gasteiger partial charge in [-0.3, -0.25) is 23.6 Å². The summed E-state index contributed by atoms with van der Waals surface area (Å²) in [6, 6.07) is 0. The van der Waals surface area contributed by atoms with E-state index in [9.17, 15) is 14.4 Å². The number of fused-ring (bicyclic) bond motifs is 1. The van der Waals surface area contributed by atoms with Crippen LogP contribution in [-0.4, -0.2) is 43.8 Å². The summed E-state index contributed by atoms with van der Waals surface area (Å²) in [4.78, 5) is 46.8. The molecule has 2 bridgehead atoms. The van der Waals surface area contributed by atoms with Gasteiger partial charge in [-0.1, -0.05) is 0 Å². The molecule has 9 nitrogen and oxygen atoms in total. The Hall–Kier alpha value is -2.42. The number of nitrogens with zero attached hydrogens (tertiary/aromatic N) is 5. The van der Waals surface area contributed by atoms with E-state index in [1.165, 1.54) is 27.6 Å². The highest BCUT2D eigenvalue weighted by atomic mass is 16.7. The largest absolute Gasteiger partial charge is 0.332 e. The number of rotatable bonds is 4. The molecule has 0 atom stereocenters. The van der Waals surface area contributed by atoms with Gasteiger partial charge in [-0.15, -0.1) is 0 Å². The maximum absolute atomic E-state index is 12.8. The van der Waals surface area contributed by atoms with Gasteiger partial charge in [0.2, 0.25) is 0 Å². The first kappa shape index (κ1) is 16.1. The zero-order chi connectivity index (χ0) is 18.1. The van der Waals surface area contributed by atoms with Gasteiger partial charge in [0, 0.05) is 27.7 Å². The smallest absolute Gasteiger partial charge is 0.328 e. The van der Waals surface area contributed by atoms with Crippen LogP contribution in [0.5, 0.6) is 0 Å². The van der Waals surface area contributed by atoms with Crippen molar-refractivity contribution in [2.75, 3.05) is 14.2 Å². The molecule has 25 heavy (non-hydrogen) atoms. The molecule has 0 spiro atoms. The highest BCUT2D eigenvalue weighted by Crippen LogP contribution is 2.74. The molecule has 0 N–H and O–H groups in total. The van der Waals surface area contributed by atoms with Crippen LogP contribution in [0.2, 0.25) is 0 Å². The number of imidazole rings is 1. The van der Waals surface area contributed by atoms with E-state index in [0.717, 1.165) is 0 Å². The topological polar surface area (TPSA) is 91.4 Å². The molecular weight excluding hydrogens is 326 g/mol. The Morgan fingerprint density at radius 3 is 2.56 bits per heavy atom. The second kappa shape index (κ2) is 4.81. The fourth-order valence-electron chi connectivity index (χ4n) is 4.68. The van der Waals surface area contributed by atoms with Crippen LogP contribution in [-0.2, 0) is 30.3 Å². The molecule has 0 aromatic carbocycles. The Labute approximate surface area is 143 Å². The minimum Gasteiger partial charge on any atom is -0.328 e. The summed E-state index contributed by atoms with van der Waals surface area (Å²) in [7, 11) is 6.42. The molecule has 3 aliphatic rings. The van der Waals surface area contributed by atoms with E-state index in [2.05, 4.69) is 4.98 Å². The van der Waals surface area contributed by atoms with Crippen molar-refractivity contribution in [3.8, 4) is 0 Å². The van der Waals surface area contributed by atoms with Gasteiger partial charge in [0.25, 0.3) is 11.5 Å². The lowest BCUT2D eigenvalue weighted by Gasteiger charge is -2.69. The average molecular weight is 347 g/mol. The normalized spacial score (nSPS) is 27.0. The third kappa shape index (κ3) is 1.92. The lowest BCUT2D eigenvalue weighted by atomic mass is 9.34. The second-order valence-electron chi connectivity index (χ2n) is 7.56. The number of aryl methyl sites for hydroxylation is 2. The molecule has 3 saturated carbocycles. The molecule has 3 aliphatic carbocycles. The van der Waals surface area contributed by atoms with Crippen LogP contribution in [0.15, 0.2) is 15.9 Å². The number of carbonyl (C=O) groups excluding carboxylic acids is 1. The second-order valence-corrected chi connectivity index (χ2v) is 7.56. The van der Waals surface area contributed by atoms with Gasteiger partial charge in [-0.25, -0.2) is 14.8 Å². The number of aromatic nitrogens is 4. The summed E-state index contributed by atoms with van der Waals surface area (Å²) in [6.45, 7) is 0.339. The van der Waals surface area contributed by atoms with Crippen LogP contribution >= 0.6 is 0 Å². The fourth-order valence-corrected chi connectivity index (χ4v) is 4.68. The predicted octanol–water partition coefficient (Wildman–Crippen LogP) is -0.376. The van der Waals surface area contributed by atoms with Crippen LogP contribution < -0.4 is 11.2 Å². The van der Waals surface area contributed by atoms with Crippen LogP contribution in [0.1, 0.15) is 19.3 Å². The van der Waals surface area contributed by atoms with E-state index in [1.54, 1.807) is 25.7 Å². The maximum Gasteiger partial charge on any atom is 0.332 e. The van der Waals surface area contributed by atoms with Crippen molar-refractivity contribution >= 4 is 17.1 Å². The summed E-state index contributed by atoms with van der Waals surface area (Å²) in [5, 5.41) is 1.26. The van der Waals surface area contributed by atoms with Crippen molar-refractivity contribution < 1.29 is 9.63 Å². The Bertz CT molecular complexity index is 994. The Kier molecular flexibility index (Phi) is 3.09. The maximum atomic E-state index is 12.8. The van der Waals surface area contributed by atoms with Crippen molar-refractivity contribution in [1.29, 1.82) is 0 Å². The third-order valence-corrected chi connectivity index (χ3v) is 5.85. The SMILES string of the molecule is CON(C)C(=O)C12CC(Cn3c(=O)c4c(ncn4C)n(C)c3=O)(C1)C2. The third-order valence-electron chi connectivity index (χ3n) is 5.85. The minimum atomic E-state index is -0.379. The monoisotopic (exact) mass is 347 g/mol. The highest BCUT2D eigenvalue weighted by molar-refractivity contribution is 5.85. The molecule has 5 rings (SSSR count). The van der Waals surface area contributed by atoms with Crippen LogP contribution in [0.25, 0.3) is 11.2 Å². The fraction of sp³-hybridized carbons (Fsp3) is 0.625. The van der Waals surface area contributed by atoms with Gasteiger partial charge >= 0.3 is 5.69 Å². The number of hydroxylamine groups is 2. The van der Waals surface area contributed by atoms with Gasteiger partial charge in [0.1, 0.15) is 0 Å². The van der Waals surface area contributed by atoms with E-state index in [0.29, 0.717) is 37.0 Å². The van der Waals surface area contributed by atoms with Gasteiger partial charge in [-0.2, -0.15) is 0 Å². The van der Waals surface area contributed by atoms with Gasteiger partial charge in [-0.05, 0) is 24.7 Å². The van der Waals surface area contributed by atoms with Crippen LogP contribution in [0.3, 0.4) is 0 Å². The van der Waals surface area contributed by atoms with Gasteiger partial charge in [0.15, 0.2) is 11.2 Å². The molecule has 0 radical (unpaired) electrons. The van der Waals surface area contributed by atoms with Crippen molar-refractivity contribution in [3.05, 3.63) is 27.2 Å². The molecule has 1 amide bonds. The number of hydrogen-bond acceptors (Lipinski definition) is 5. The Balaban J connectivity index is 1.65. The average Bonchev–Trinajstić information content (AvgIpc) is 2.90.